The van der Waals surface area contributed by atoms with Gasteiger partial charge < -0.3 is 0 Å². The van der Waals surface area contributed by atoms with E-state index < -0.39 is 0 Å². The fourth-order valence-electron chi connectivity index (χ4n) is 2.51. The molecule has 0 radical (unpaired) electrons. The zero-order valence-corrected chi connectivity index (χ0v) is 9.28. The van der Waals surface area contributed by atoms with E-state index in [9.17, 15) is 4.79 Å². The molecule has 0 heterocycles. The van der Waals surface area contributed by atoms with E-state index in [-0.39, 0.29) is 5.92 Å². The first kappa shape index (κ1) is 10.4. The number of ketones is 1. The molecule has 1 fully saturated rings. The Hall–Kier alpha value is -1.11. The Kier molecular flexibility index (Phi) is 3.20. The van der Waals surface area contributed by atoms with E-state index in [2.05, 4.69) is 6.92 Å². The molecule has 0 unspecified atom stereocenters. The molecule has 1 aromatic rings. The molecule has 0 amide bonds. The third-order valence-electron chi connectivity index (χ3n) is 3.37. The monoisotopic (exact) mass is 202 g/mol. The van der Waals surface area contributed by atoms with Crippen LogP contribution in [0.3, 0.4) is 0 Å². The summed E-state index contributed by atoms with van der Waals surface area (Å²) in [5, 5.41) is 0. The number of carbonyl (C=O) groups is 1. The minimum Gasteiger partial charge on any atom is -0.294 e. The summed E-state index contributed by atoms with van der Waals surface area (Å²) in [5.74, 6) is 1.34. The van der Waals surface area contributed by atoms with Gasteiger partial charge in [-0.15, -0.1) is 0 Å². The Labute approximate surface area is 91.5 Å². The van der Waals surface area contributed by atoms with E-state index in [4.69, 9.17) is 0 Å². The normalized spacial score (nSPS) is 26.2. The highest BCUT2D eigenvalue weighted by atomic mass is 16.1. The summed E-state index contributed by atoms with van der Waals surface area (Å²) in [4.78, 5) is 12.1. The standard InChI is InChI=1S/C14H18O/c1-11-6-5-9-13(10-11)14(15)12-7-3-2-4-8-12/h2-4,7-8,11,13H,5-6,9-10H2,1H3/t11-,13+/m0/s1. The highest BCUT2D eigenvalue weighted by Crippen LogP contribution is 2.30. The SMILES string of the molecule is C[C@H]1CCC[C@@H](C(=O)c2ccccc2)C1. The maximum atomic E-state index is 12.1. The van der Waals surface area contributed by atoms with E-state index in [1.807, 2.05) is 30.3 Å². The van der Waals surface area contributed by atoms with Gasteiger partial charge in [0.2, 0.25) is 0 Å². The average molecular weight is 202 g/mol. The highest BCUT2D eigenvalue weighted by Gasteiger charge is 2.25. The van der Waals surface area contributed by atoms with Crippen LogP contribution in [0.15, 0.2) is 30.3 Å². The zero-order valence-electron chi connectivity index (χ0n) is 9.28. The van der Waals surface area contributed by atoms with Crippen LogP contribution >= 0.6 is 0 Å². The van der Waals surface area contributed by atoms with Gasteiger partial charge in [0.15, 0.2) is 5.78 Å². The Bertz CT molecular complexity index is 328. The molecule has 2 rings (SSSR count). The molecule has 80 valence electrons. The quantitative estimate of drug-likeness (QED) is 0.668. The van der Waals surface area contributed by atoms with Gasteiger partial charge in [0.1, 0.15) is 0 Å². The second-order valence-corrected chi connectivity index (χ2v) is 4.70. The first-order valence-electron chi connectivity index (χ1n) is 5.86. The molecule has 2 atom stereocenters. The third kappa shape index (κ3) is 2.47. The third-order valence-corrected chi connectivity index (χ3v) is 3.37. The molecule has 1 aliphatic rings. The minimum atomic E-state index is 0.274. The summed E-state index contributed by atoms with van der Waals surface area (Å²) in [6.45, 7) is 2.25. The fraction of sp³-hybridized carbons (Fsp3) is 0.500. The van der Waals surface area contributed by atoms with E-state index in [0.717, 1.165) is 24.3 Å². The van der Waals surface area contributed by atoms with E-state index in [0.29, 0.717) is 5.78 Å². The van der Waals surface area contributed by atoms with Gasteiger partial charge in [0.05, 0.1) is 0 Å². The van der Waals surface area contributed by atoms with Crippen molar-refractivity contribution in [2.75, 3.05) is 0 Å². The zero-order chi connectivity index (χ0) is 10.7. The summed E-state index contributed by atoms with van der Waals surface area (Å²) >= 11 is 0. The summed E-state index contributed by atoms with van der Waals surface area (Å²) in [6, 6.07) is 9.71. The second kappa shape index (κ2) is 4.61. The number of hydrogen-bond acceptors (Lipinski definition) is 1. The van der Waals surface area contributed by atoms with Gasteiger partial charge in [-0.1, -0.05) is 50.1 Å². The predicted molar refractivity (Wildman–Crippen MR) is 61.9 cm³/mol. The van der Waals surface area contributed by atoms with Gasteiger partial charge in [-0.25, -0.2) is 0 Å². The summed E-state index contributed by atoms with van der Waals surface area (Å²) in [7, 11) is 0. The Morgan fingerprint density at radius 3 is 2.60 bits per heavy atom. The van der Waals surface area contributed by atoms with Crippen LogP contribution in [0.5, 0.6) is 0 Å². The maximum Gasteiger partial charge on any atom is 0.165 e. The molecule has 0 aromatic heterocycles. The van der Waals surface area contributed by atoms with Gasteiger partial charge in [-0.05, 0) is 18.8 Å². The molecule has 0 spiro atoms. The Morgan fingerprint density at radius 2 is 1.93 bits per heavy atom. The predicted octanol–water partition coefficient (Wildman–Crippen LogP) is 3.70. The van der Waals surface area contributed by atoms with Crippen molar-refractivity contribution in [3.8, 4) is 0 Å². The van der Waals surface area contributed by atoms with Crippen LogP contribution in [-0.2, 0) is 0 Å². The van der Waals surface area contributed by atoms with Crippen LogP contribution < -0.4 is 0 Å². The number of Topliss-reactive ketones (excluding diaryl/α,β-unsaturated/α-hetero) is 1. The van der Waals surface area contributed by atoms with Gasteiger partial charge in [-0.2, -0.15) is 0 Å². The van der Waals surface area contributed by atoms with Crippen molar-refractivity contribution in [1.29, 1.82) is 0 Å². The van der Waals surface area contributed by atoms with Crippen LogP contribution in [0.4, 0.5) is 0 Å². The lowest BCUT2D eigenvalue weighted by Crippen LogP contribution is -2.21. The van der Waals surface area contributed by atoms with Crippen LogP contribution in [0.2, 0.25) is 0 Å². The molecule has 0 N–H and O–H groups in total. The van der Waals surface area contributed by atoms with Crippen molar-refractivity contribution < 1.29 is 4.79 Å². The Balaban J connectivity index is 2.08. The van der Waals surface area contributed by atoms with Crippen molar-refractivity contribution in [2.45, 2.75) is 32.6 Å². The minimum absolute atomic E-state index is 0.274. The van der Waals surface area contributed by atoms with E-state index >= 15 is 0 Å². The number of rotatable bonds is 2. The van der Waals surface area contributed by atoms with Crippen molar-refractivity contribution >= 4 is 5.78 Å². The van der Waals surface area contributed by atoms with Gasteiger partial charge in [0, 0.05) is 11.5 Å². The topological polar surface area (TPSA) is 17.1 Å². The summed E-state index contributed by atoms with van der Waals surface area (Å²) in [6.07, 6.45) is 4.66. The molecule has 0 bridgehead atoms. The molecule has 1 aromatic carbocycles. The molecule has 1 aliphatic carbocycles. The van der Waals surface area contributed by atoms with E-state index in [1.54, 1.807) is 0 Å². The van der Waals surface area contributed by atoms with Gasteiger partial charge in [-0.3, -0.25) is 4.79 Å². The maximum absolute atomic E-state index is 12.1. The van der Waals surface area contributed by atoms with Crippen LogP contribution in [-0.4, -0.2) is 5.78 Å². The lowest BCUT2D eigenvalue weighted by molar-refractivity contribution is 0.0868. The number of benzene rings is 1. The summed E-state index contributed by atoms with van der Waals surface area (Å²) in [5.41, 5.74) is 0.886. The van der Waals surface area contributed by atoms with Crippen LogP contribution in [0, 0.1) is 11.8 Å². The number of hydrogen-bond donors (Lipinski definition) is 0. The molecule has 1 heteroatoms. The van der Waals surface area contributed by atoms with Crippen molar-refractivity contribution in [2.24, 2.45) is 11.8 Å². The smallest absolute Gasteiger partial charge is 0.165 e. The molecule has 1 nitrogen and oxygen atoms in total. The lowest BCUT2D eigenvalue weighted by atomic mass is 9.79. The first-order valence-corrected chi connectivity index (χ1v) is 5.86. The van der Waals surface area contributed by atoms with Gasteiger partial charge in [0.25, 0.3) is 0 Å². The summed E-state index contributed by atoms with van der Waals surface area (Å²) < 4.78 is 0. The van der Waals surface area contributed by atoms with Crippen molar-refractivity contribution in [1.82, 2.24) is 0 Å². The van der Waals surface area contributed by atoms with Gasteiger partial charge >= 0.3 is 0 Å². The number of carbonyl (C=O) groups excluding carboxylic acids is 1. The Morgan fingerprint density at radius 1 is 1.20 bits per heavy atom. The van der Waals surface area contributed by atoms with Crippen LogP contribution in [0.1, 0.15) is 43.0 Å². The first-order chi connectivity index (χ1) is 7.27. The average Bonchev–Trinajstić information content (AvgIpc) is 2.29. The molecular weight excluding hydrogens is 184 g/mol. The molecule has 0 aliphatic heterocycles. The molecular formula is C14H18O. The largest absolute Gasteiger partial charge is 0.294 e. The molecule has 0 saturated heterocycles. The molecule has 1 saturated carbocycles. The second-order valence-electron chi connectivity index (χ2n) is 4.70. The lowest BCUT2D eigenvalue weighted by Gasteiger charge is -2.25. The van der Waals surface area contributed by atoms with Crippen molar-refractivity contribution in [3.05, 3.63) is 35.9 Å². The molecule has 15 heavy (non-hydrogen) atoms. The van der Waals surface area contributed by atoms with E-state index in [1.165, 1.54) is 12.8 Å². The van der Waals surface area contributed by atoms with Crippen molar-refractivity contribution in [3.63, 3.8) is 0 Å². The van der Waals surface area contributed by atoms with Crippen LogP contribution in [0.25, 0.3) is 0 Å². The highest BCUT2D eigenvalue weighted by molar-refractivity contribution is 5.97. The fourth-order valence-corrected chi connectivity index (χ4v) is 2.51.